The Kier molecular flexibility index (Phi) is 5.77. The quantitative estimate of drug-likeness (QED) is 0.716. The topological polar surface area (TPSA) is 94.8 Å². The number of hydrogen-bond acceptors (Lipinski definition) is 8. The molecule has 1 unspecified atom stereocenters. The lowest BCUT2D eigenvalue weighted by Gasteiger charge is -2.30. The standard InChI is InChI=1S/C16H19N3O5S/c1-11-8-19(5-6-22-11)14(20)9-23-15(21)3-2-13-17-16(18-24-13)12-4-7-25-10-12/h4,7,10-11H,2-3,5-6,8-9H2,1H3. The van der Waals surface area contributed by atoms with Crippen LogP contribution in [0.3, 0.4) is 0 Å². The van der Waals surface area contributed by atoms with Crippen molar-refractivity contribution < 1.29 is 23.6 Å². The van der Waals surface area contributed by atoms with Crippen molar-refractivity contribution in [2.45, 2.75) is 25.9 Å². The van der Waals surface area contributed by atoms with E-state index in [2.05, 4.69) is 10.1 Å². The lowest BCUT2D eigenvalue weighted by molar-refractivity contribution is -0.154. The molecule has 1 aliphatic rings. The molecule has 1 aliphatic heterocycles. The third kappa shape index (κ3) is 4.86. The molecule has 1 fully saturated rings. The van der Waals surface area contributed by atoms with Crippen LogP contribution in [0.2, 0.25) is 0 Å². The van der Waals surface area contributed by atoms with E-state index in [0.717, 1.165) is 5.56 Å². The van der Waals surface area contributed by atoms with Crippen molar-refractivity contribution in [3.05, 3.63) is 22.7 Å². The Hall–Kier alpha value is -2.26. The summed E-state index contributed by atoms with van der Waals surface area (Å²) in [5, 5.41) is 7.72. The minimum atomic E-state index is -0.468. The summed E-state index contributed by atoms with van der Waals surface area (Å²) in [6.07, 6.45) is 0.361. The number of aryl methyl sites for hydroxylation is 1. The lowest BCUT2D eigenvalue weighted by Crippen LogP contribution is -2.46. The molecule has 0 bridgehead atoms. The minimum Gasteiger partial charge on any atom is -0.456 e. The van der Waals surface area contributed by atoms with Crippen molar-refractivity contribution >= 4 is 23.2 Å². The summed E-state index contributed by atoms with van der Waals surface area (Å²) in [6.45, 7) is 3.19. The molecule has 3 rings (SSSR count). The highest BCUT2D eigenvalue weighted by atomic mass is 32.1. The molecular weight excluding hydrogens is 346 g/mol. The molecule has 25 heavy (non-hydrogen) atoms. The zero-order valence-electron chi connectivity index (χ0n) is 13.8. The van der Waals surface area contributed by atoms with E-state index < -0.39 is 5.97 Å². The van der Waals surface area contributed by atoms with E-state index in [1.165, 1.54) is 0 Å². The van der Waals surface area contributed by atoms with Crippen LogP contribution in [0.25, 0.3) is 11.4 Å². The van der Waals surface area contributed by atoms with Gasteiger partial charge < -0.3 is 18.9 Å². The highest BCUT2D eigenvalue weighted by Gasteiger charge is 2.22. The third-order valence-electron chi connectivity index (χ3n) is 3.74. The Balaban J connectivity index is 1.40. The molecular formula is C16H19N3O5S. The highest BCUT2D eigenvalue weighted by molar-refractivity contribution is 7.08. The first-order valence-electron chi connectivity index (χ1n) is 8.02. The van der Waals surface area contributed by atoms with Crippen LogP contribution >= 0.6 is 11.3 Å². The second-order valence-corrected chi connectivity index (χ2v) is 6.49. The van der Waals surface area contributed by atoms with Crippen LogP contribution in [0.15, 0.2) is 21.3 Å². The van der Waals surface area contributed by atoms with Gasteiger partial charge in [0, 0.05) is 30.5 Å². The summed E-state index contributed by atoms with van der Waals surface area (Å²) in [4.78, 5) is 29.7. The molecule has 0 aromatic carbocycles. The molecule has 0 aliphatic carbocycles. The van der Waals surface area contributed by atoms with Gasteiger partial charge in [0.15, 0.2) is 6.61 Å². The first kappa shape index (κ1) is 17.6. The number of amides is 1. The molecule has 1 atom stereocenters. The number of carbonyl (C=O) groups is 2. The van der Waals surface area contributed by atoms with Crippen molar-refractivity contribution in [1.29, 1.82) is 0 Å². The fourth-order valence-corrected chi connectivity index (χ4v) is 3.06. The average molecular weight is 365 g/mol. The van der Waals surface area contributed by atoms with Crippen molar-refractivity contribution in [3.8, 4) is 11.4 Å². The molecule has 0 spiro atoms. The van der Waals surface area contributed by atoms with Gasteiger partial charge in [-0.1, -0.05) is 5.16 Å². The molecule has 2 aromatic rings. The number of carbonyl (C=O) groups excluding carboxylic acids is 2. The van der Waals surface area contributed by atoms with Crippen LogP contribution in [-0.4, -0.2) is 59.3 Å². The molecule has 0 saturated carbocycles. The number of esters is 1. The van der Waals surface area contributed by atoms with Gasteiger partial charge in [0.1, 0.15) is 0 Å². The van der Waals surface area contributed by atoms with Crippen LogP contribution < -0.4 is 0 Å². The second-order valence-electron chi connectivity index (χ2n) is 5.71. The summed E-state index contributed by atoms with van der Waals surface area (Å²) in [5.41, 5.74) is 0.882. The Morgan fingerprint density at radius 1 is 1.48 bits per heavy atom. The largest absolute Gasteiger partial charge is 0.456 e. The predicted molar refractivity (Wildman–Crippen MR) is 88.9 cm³/mol. The Morgan fingerprint density at radius 3 is 3.12 bits per heavy atom. The van der Waals surface area contributed by atoms with E-state index in [0.29, 0.717) is 31.4 Å². The van der Waals surface area contributed by atoms with Gasteiger partial charge in [0.25, 0.3) is 5.91 Å². The van der Waals surface area contributed by atoms with E-state index in [1.807, 2.05) is 23.8 Å². The van der Waals surface area contributed by atoms with Gasteiger partial charge in [-0.15, -0.1) is 0 Å². The molecule has 8 nitrogen and oxygen atoms in total. The highest BCUT2D eigenvalue weighted by Crippen LogP contribution is 2.19. The fourth-order valence-electron chi connectivity index (χ4n) is 2.42. The van der Waals surface area contributed by atoms with E-state index in [-0.39, 0.29) is 31.5 Å². The Labute approximate surface area is 148 Å². The van der Waals surface area contributed by atoms with Crippen molar-refractivity contribution in [2.24, 2.45) is 0 Å². The van der Waals surface area contributed by atoms with Crippen LogP contribution in [0, 0.1) is 0 Å². The minimum absolute atomic E-state index is 0.00310. The van der Waals surface area contributed by atoms with Gasteiger partial charge in [-0.05, 0) is 18.4 Å². The number of aromatic nitrogens is 2. The first-order chi connectivity index (χ1) is 12.1. The summed E-state index contributed by atoms with van der Waals surface area (Å²) in [5.74, 6) is 0.193. The van der Waals surface area contributed by atoms with Gasteiger partial charge in [-0.2, -0.15) is 16.3 Å². The maximum atomic E-state index is 12.0. The van der Waals surface area contributed by atoms with E-state index in [1.54, 1.807) is 16.2 Å². The Morgan fingerprint density at radius 2 is 2.36 bits per heavy atom. The molecule has 0 radical (unpaired) electrons. The van der Waals surface area contributed by atoms with Gasteiger partial charge in [0.05, 0.1) is 19.1 Å². The maximum Gasteiger partial charge on any atom is 0.306 e. The number of morpholine rings is 1. The molecule has 134 valence electrons. The lowest BCUT2D eigenvalue weighted by atomic mass is 10.3. The molecule has 1 saturated heterocycles. The van der Waals surface area contributed by atoms with Crippen LogP contribution in [0.4, 0.5) is 0 Å². The maximum absolute atomic E-state index is 12.0. The average Bonchev–Trinajstić information content (AvgIpc) is 3.29. The normalized spacial score (nSPS) is 17.5. The van der Waals surface area contributed by atoms with Crippen LogP contribution in [-0.2, 0) is 25.5 Å². The SMILES string of the molecule is CC1CN(C(=O)COC(=O)CCc2nc(-c3ccsc3)no2)CCO1. The molecule has 3 heterocycles. The van der Waals surface area contributed by atoms with Gasteiger partial charge >= 0.3 is 5.97 Å². The zero-order valence-corrected chi connectivity index (χ0v) is 14.7. The predicted octanol–water partition coefficient (Wildman–Crippen LogP) is 1.52. The summed E-state index contributed by atoms with van der Waals surface area (Å²) in [6, 6.07) is 1.89. The number of rotatable bonds is 6. The van der Waals surface area contributed by atoms with Gasteiger partial charge in [-0.3, -0.25) is 9.59 Å². The zero-order chi connectivity index (χ0) is 17.6. The van der Waals surface area contributed by atoms with Gasteiger partial charge in [-0.25, -0.2) is 0 Å². The third-order valence-corrected chi connectivity index (χ3v) is 4.42. The van der Waals surface area contributed by atoms with Crippen molar-refractivity contribution in [2.75, 3.05) is 26.3 Å². The first-order valence-corrected chi connectivity index (χ1v) is 8.96. The van der Waals surface area contributed by atoms with E-state index in [4.69, 9.17) is 14.0 Å². The number of hydrogen-bond donors (Lipinski definition) is 0. The van der Waals surface area contributed by atoms with E-state index in [9.17, 15) is 9.59 Å². The monoisotopic (exact) mass is 365 g/mol. The smallest absolute Gasteiger partial charge is 0.306 e. The summed E-state index contributed by atoms with van der Waals surface area (Å²) >= 11 is 1.54. The summed E-state index contributed by atoms with van der Waals surface area (Å²) in [7, 11) is 0. The van der Waals surface area contributed by atoms with E-state index >= 15 is 0 Å². The second kappa shape index (κ2) is 8.21. The molecule has 2 aromatic heterocycles. The van der Waals surface area contributed by atoms with Crippen LogP contribution in [0.1, 0.15) is 19.2 Å². The molecule has 1 amide bonds. The Bertz CT molecular complexity index is 715. The van der Waals surface area contributed by atoms with Crippen LogP contribution in [0.5, 0.6) is 0 Å². The van der Waals surface area contributed by atoms with Crippen molar-refractivity contribution in [1.82, 2.24) is 15.0 Å². The number of nitrogens with zero attached hydrogens (tertiary/aromatic N) is 3. The summed E-state index contributed by atoms with van der Waals surface area (Å²) < 4.78 is 15.5. The fraction of sp³-hybridized carbons (Fsp3) is 0.500. The van der Waals surface area contributed by atoms with Gasteiger partial charge in [0.2, 0.25) is 11.7 Å². The molecule has 9 heteroatoms. The van der Waals surface area contributed by atoms with Crippen molar-refractivity contribution in [3.63, 3.8) is 0 Å². The number of ether oxygens (including phenoxy) is 2. The number of thiophene rings is 1. The molecule has 0 N–H and O–H groups in total.